The van der Waals surface area contributed by atoms with Crippen molar-refractivity contribution in [1.82, 2.24) is 5.01 Å². The van der Waals surface area contributed by atoms with Gasteiger partial charge in [0.1, 0.15) is 11.1 Å². The molecule has 4 N–H and O–H groups in total. The van der Waals surface area contributed by atoms with Gasteiger partial charge in [0.2, 0.25) is 0 Å². The first-order chi connectivity index (χ1) is 17.3. The van der Waals surface area contributed by atoms with Crippen LogP contribution in [0.5, 0.6) is 0 Å². The number of carboxylic acid groups (broad SMARTS) is 2. The number of hydrogen-bond acceptors (Lipinski definition) is 4. The number of nitrogens with two attached hydrogens (primary N) is 1. The molecular formula is C30H56N2O4. The van der Waals surface area contributed by atoms with Crippen molar-refractivity contribution in [3.05, 3.63) is 24.3 Å². The van der Waals surface area contributed by atoms with Gasteiger partial charge in [-0.15, -0.1) is 0 Å². The van der Waals surface area contributed by atoms with Crippen molar-refractivity contribution in [2.24, 2.45) is 5.84 Å². The maximum absolute atomic E-state index is 12.8. The van der Waals surface area contributed by atoms with Crippen molar-refractivity contribution >= 4 is 11.9 Å². The zero-order chi connectivity index (χ0) is 27.3. The number of allylic oxidation sites excluding steroid dienone is 2. The van der Waals surface area contributed by atoms with Crippen LogP contribution in [0.25, 0.3) is 0 Å². The fourth-order valence-corrected chi connectivity index (χ4v) is 4.75. The topological polar surface area (TPSA) is 104 Å². The van der Waals surface area contributed by atoms with Crippen LogP contribution in [0.2, 0.25) is 0 Å². The van der Waals surface area contributed by atoms with Gasteiger partial charge in [-0.2, -0.15) is 0 Å². The SMILES string of the molecule is CCCCCC/C=C\CC(CCCC)(C(=O)O)N(N)C(C/C=C\CCCCCC)(CCCC)C(=O)O. The summed E-state index contributed by atoms with van der Waals surface area (Å²) in [6.45, 7) is 8.38. The van der Waals surface area contributed by atoms with Gasteiger partial charge in [0.15, 0.2) is 0 Å². The Morgan fingerprint density at radius 1 is 0.611 bits per heavy atom. The summed E-state index contributed by atoms with van der Waals surface area (Å²) in [7, 11) is 0. The fourth-order valence-electron chi connectivity index (χ4n) is 4.75. The van der Waals surface area contributed by atoms with Gasteiger partial charge in [0.05, 0.1) is 0 Å². The lowest BCUT2D eigenvalue weighted by Crippen LogP contribution is -2.70. The molecule has 6 heteroatoms. The van der Waals surface area contributed by atoms with Crippen molar-refractivity contribution in [3.63, 3.8) is 0 Å². The molecule has 0 rings (SSSR count). The highest BCUT2D eigenvalue weighted by Gasteiger charge is 2.54. The minimum Gasteiger partial charge on any atom is -0.480 e. The van der Waals surface area contributed by atoms with Gasteiger partial charge in [0, 0.05) is 0 Å². The predicted molar refractivity (Wildman–Crippen MR) is 151 cm³/mol. The molecule has 6 nitrogen and oxygen atoms in total. The Labute approximate surface area is 221 Å². The number of carbonyl (C=O) groups is 2. The minimum atomic E-state index is -1.46. The van der Waals surface area contributed by atoms with Crippen LogP contribution in [-0.4, -0.2) is 38.2 Å². The van der Waals surface area contributed by atoms with E-state index in [1.807, 2.05) is 38.2 Å². The van der Waals surface area contributed by atoms with E-state index in [-0.39, 0.29) is 12.8 Å². The zero-order valence-corrected chi connectivity index (χ0v) is 23.8. The van der Waals surface area contributed by atoms with E-state index in [1.54, 1.807) is 0 Å². The number of hydrogen-bond donors (Lipinski definition) is 3. The van der Waals surface area contributed by atoms with Gasteiger partial charge in [-0.05, 0) is 51.4 Å². The molecule has 0 bridgehead atoms. The highest BCUT2D eigenvalue weighted by molar-refractivity contribution is 5.83. The van der Waals surface area contributed by atoms with Crippen molar-refractivity contribution in [2.75, 3.05) is 0 Å². The average Bonchev–Trinajstić information content (AvgIpc) is 2.86. The predicted octanol–water partition coefficient (Wildman–Crippen LogP) is 8.02. The summed E-state index contributed by atoms with van der Waals surface area (Å²) in [6, 6.07) is 0. The molecule has 0 amide bonds. The Balaban J connectivity index is 5.99. The van der Waals surface area contributed by atoms with Crippen LogP contribution in [0, 0.1) is 0 Å². The maximum atomic E-state index is 12.8. The van der Waals surface area contributed by atoms with Gasteiger partial charge < -0.3 is 10.2 Å². The van der Waals surface area contributed by atoms with E-state index in [1.165, 1.54) is 30.7 Å². The largest absolute Gasteiger partial charge is 0.480 e. The normalized spacial score (nSPS) is 15.5. The summed E-state index contributed by atoms with van der Waals surface area (Å²) in [5.41, 5.74) is -2.92. The molecule has 2 unspecified atom stereocenters. The van der Waals surface area contributed by atoms with Gasteiger partial charge >= 0.3 is 11.9 Å². The Morgan fingerprint density at radius 2 is 0.972 bits per heavy atom. The van der Waals surface area contributed by atoms with Gasteiger partial charge in [-0.25, -0.2) is 5.01 Å². The fraction of sp³-hybridized carbons (Fsp3) is 0.800. The van der Waals surface area contributed by atoms with E-state index in [0.29, 0.717) is 25.7 Å². The summed E-state index contributed by atoms with van der Waals surface area (Å²) in [5, 5.41) is 22.2. The van der Waals surface area contributed by atoms with E-state index in [4.69, 9.17) is 5.84 Å². The first-order valence-corrected chi connectivity index (χ1v) is 14.6. The van der Waals surface area contributed by atoms with Crippen LogP contribution < -0.4 is 5.84 Å². The zero-order valence-electron chi connectivity index (χ0n) is 23.8. The monoisotopic (exact) mass is 508 g/mol. The quantitative estimate of drug-likeness (QED) is 0.0527. The summed E-state index contributed by atoms with van der Waals surface area (Å²) < 4.78 is 0. The summed E-state index contributed by atoms with van der Waals surface area (Å²) >= 11 is 0. The van der Waals surface area contributed by atoms with E-state index in [2.05, 4.69) is 13.8 Å². The Kier molecular flexibility index (Phi) is 19.5. The molecule has 0 aromatic rings. The standard InChI is InChI=1S/C30H56N2O4/c1-5-9-13-15-17-19-21-25-29(27(33)34,23-11-7-3)32(31)30(28(35)36,24-12-8-4)26-22-20-18-16-14-10-6-2/h19-22H,5-18,23-26,31H2,1-4H3,(H,33,34)(H,35,36)/b21-19-,22-20-. The second-order valence-corrected chi connectivity index (χ2v) is 10.3. The molecule has 210 valence electrons. The maximum Gasteiger partial charge on any atom is 0.325 e. The van der Waals surface area contributed by atoms with Crippen molar-refractivity contribution in [3.8, 4) is 0 Å². The van der Waals surface area contributed by atoms with E-state index in [0.717, 1.165) is 51.4 Å². The molecule has 0 aliphatic carbocycles. The highest BCUT2D eigenvalue weighted by Crippen LogP contribution is 2.37. The van der Waals surface area contributed by atoms with Crippen molar-refractivity contribution in [1.29, 1.82) is 0 Å². The summed E-state index contributed by atoms with van der Waals surface area (Å²) in [6.07, 6.45) is 22.9. The van der Waals surface area contributed by atoms with Crippen LogP contribution in [0.4, 0.5) is 0 Å². The lowest BCUT2D eigenvalue weighted by atomic mass is 9.79. The average molecular weight is 509 g/mol. The lowest BCUT2D eigenvalue weighted by molar-refractivity contribution is -0.171. The second kappa shape index (κ2) is 20.4. The molecule has 0 aromatic carbocycles. The molecule has 0 saturated heterocycles. The smallest absolute Gasteiger partial charge is 0.325 e. The Hall–Kier alpha value is -1.66. The third kappa shape index (κ3) is 11.6. The van der Waals surface area contributed by atoms with Crippen LogP contribution >= 0.6 is 0 Å². The van der Waals surface area contributed by atoms with E-state index in [9.17, 15) is 19.8 Å². The van der Waals surface area contributed by atoms with Gasteiger partial charge in [0.25, 0.3) is 0 Å². The number of nitrogens with zero attached hydrogens (tertiary/aromatic N) is 1. The molecule has 0 radical (unpaired) electrons. The Morgan fingerprint density at radius 3 is 1.28 bits per heavy atom. The van der Waals surface area contributed by atoms with Crippen molar-refractivity contribution in [2.45, 2.75) is 154 Å². The Bertz CT molecular complexity index is 595. The molecule has 0 fully saturated rings. The van der Waals surface area contributed by atoms with Crippen LogP contribution in [0.1, 0.15) is 143 Å². The van der Waals surface area contributed by atoms with Crippen LogP contribution in [0.15, 0.2) is 24.3 Å². The first-order valence-electron chi connectivity index (χ1n) is 14.6. The van der Waals surface area contributed by atoms with Crippen LogP contribution in [-0.2, 0) is 9.59 Å². The third-order valence-electron chi connectivity index (χ3n) is 7.30. The van der Waals surface area contributed by atoms with E-state index < -0.39 is 23.0 Å². The second-order valence-electron chi connectivity index (χ2n) is 10.3. The number of carboxylic acids is 2. The number of aliphatic carboxylic acids is 2. The molecule has 36 heavy (non-hydrogen) atoms. The molecule has 0 aliphatic rings. The van der Waals surface area contributed by atoms with Crippen molar-refractivity contribution < 1.29 is 19.8 Å². The number of hydrazine groups is 1. The van der Waals surface area contributed by atoms with E-state index >= 15 is 0 Å². The first kappa shape index (κ1) is 34.3. The molecule has 2 atom stereocenters. The van der Waals surface area contributed by atoms with Crippen LogP contribution in [0.3, 0.4) is 0 Å². The molecular weight excluding hydrogens is 452 g/mol. The number of rotatable bonds is 24. The summed E-state index contributed by atoms with van der Waals surface area (Å²) in [4.78, 5) is 25.7. The lowest BCUT2D eigenvalue weighted by Gasteiger charge is -2.47. The number of unbranched alkanes of at least 4 members (excludes halogenated alkanes) is 10. The highest BCUT2D eigenvalue weighted by atomic mass is 16.4. The third-order valence-corrected chi connectivity index (χ3v) is 7.30. The van der Waals surface area contributed by atoms with Gasteiger partial charge in [-0.1, -0.05) is 116 Å². The minimum absolute atomic E-state index is 0.203. The molecule has 0 saturated carbocycles. The molecule has 0 heterocycles. The summed E-state index contributed by atoms with van der Waals surface area (Å²) in [5.74, 6) is 4.60. The molecule has 0 spiro atoms. The van der Waals surface area contributed by atoms with Gasteiger partial charge in [-0.3, -0.25) is 15.4 Å². The molecule has 0 aromatic heterocycles. The molecule has 0 aliphatic heterocycles.